The maximum absolute atomic E-state index is 14.7. The zero-order valence-corrected chi connectivity index (χ0v) is 19.2. The van der Waals surface area contributed by atoms with Crippen molar-refractivity contribution >= 4 is 0 Å². The molecule has 2 saturated carbocycles. The van der Waals surface area contributed by atoms with Gasteiger partial charge in [-0.15, -0.1) is 0 Å². The number of halogens is 1. The molecule has 1 nitrogen and oxygen atoms in total. The fourth-order valence-corrected chi connectivity index (χ4v) is 5.84. The Kier molecular flexibility index (Phi) is 7.61. The summed E-state index contributed by atoms with van der Waals surface area (Å²) in [5, 5.41) is 0. The summed E-state index contributed by atoms with van der Waals surface area (Å²) in [5.41, 5.74) is 4.18. The van der Waals surface area contributed by atoms with Crippen LogP contribution in [0.2, 0.25) is 0 Å². The van der Waals surface area contributed by atoms with E-state index in [1.807, 2.05) is 19.1 Å². The van der Waals surface area contributed by atoms with Crippen molar-refractivity contribution in [3.8, 4) is 11.1 Å². The van der Waals surface area contributed by atoms with Crippen LogP contribution < -0.4 is 0 Å². The second-order valence-electron chi connectivity index (χ2n) is 9.46. The van der Waals surface area contributed by atoms with Crippen molar-refractivity contribution < 1.29 is 9.13 Å². The molecule has 0 bridgehead atoms. The van der Waals surface area contributed by atoms with Gasteiger partial charge in [-0.1, -0.05) is 48.6 Å². The van der Waals surface area contributed by atoms with E-state index < -0.39 is 0 Å². The van der Waals surface area contributed by atoms with E-state index in [9.17, 15) is 4.39 Å². The Balaban J connectivity index is 1.39. The molecule has 4 rings (SSSR count). The molecule has 31 heavy (non-hydrogen) atoms. The predicted octanol–water partition coefficient (Wildman–Crippen LogP) is 8.09. The van der Waals surface area contributed by atoms with Crippen LogP contribution in [0.4, 0.5) is 4.39 Å². The molecule has 4 unspecified atom stereocenters. The van der Waals surface area contributed by atoms with Crippen LogP contribution in [0, 0.1) is 17.7 Å². The first kappa shape index (κ1) is 22.3. The van der Waals surface area contributed by atoms with Gasteiger partial charge in [-0.2, -0.15) is 0 Å². The predicted molar refractivity (Wildman–Crippen MR) is 128 cm³/mol. The summed E-state index contributed by atoms with van der Waals surface area (Å²) in [6, 6.07) is 14.4. The van der Waals surface area contributed by atoms with Crippen LogP contribution >= 0.6 is 0 Å². The molecule has 0 spiro atoms. The minimum absolute atomic E-state index is 0.114. The number of hydrogen-bond acceptors (Lipinski definition) is 1. The third kappa shape index (κ3) is 5.47. The molecule has 166 valence electrons. The molecule has 0 radical (unpaired) electrons. The molecule has 2 aliphatic rings. The Morgan fingerprint density at radius 1 is 0.968 bits per heavy atom. The number of fused-ring (bicyclic) bond motifs is 1. The summed E-state index contributed by atoms with van der Waals surface area (Å²) >= 11 is 0. The Morgan fingerprint density at radius 3 is 2.48 bits per heavy atom. The standard InChI is InChI=1S/C29H37FO/c1-3-5-6-7-21-8-17-28(29(30)18-21)23-11-9-22(10-12-23)24-13-14-26-20-27(31-4-2)16-15-25(26)19-24/h3,5,8-12,17-18,24-27H,4,6-7,13-16,19-20H2,1-2H3/b5-3+. The van der Waals surface area contributed by atoms with Crippen molar-refractivity contribution in [2.24, 2.45) is 11.8 Å². The van der Waals surface area contributed by atoms with Crippen molar-refractivity contribution in [3.63, 3.8) is 0 Å². The lowest BCUT2D eigenvalue weighted by Crippen LogP contribution is -2.33. The van der Waals surface area contributed by atoms with Gasteiger partial charge in [0.05, 0.1) is 6.10 Å². The molecule has 2 heteroatoms. The Morgan fingerprint density at radius 2 is 1.74 bits per heavy atom. The minimum atomic E-state index is -0.114. The first-order valence-corrected chi connectivity index (χ1v) is 12.3. The SMILES string of the molecule is C/C=C/CCc1ccc(-c2ccc(C3CCC4CC(OCC)CCC4C3)cc2)c(F)c1. The maximum atomic E-state index is 14.7. The summed E-state index contributed by atoms with van der Waals surface area (Å²) in [6.07, 6.45) is 14.2. The normalized spacial score (nSPS) is 26.2. The van der Waals surface area contributed by atoms with E-state index in [0.29, 0.717) is 17.6 Å². The summed E-state index contributed by atoms with van der Waals surface area (Å²) in [5.74, 6) is 2.24. The molecule has 4 atom stereocenters. The number of aryl methyl sites for hydroxylation is 1. The Labute approximate surface area is 187 Å². The molecule has 2 aliphatic carbocycles. The van der Waals surface area contributed by atoms with Crippen LogP contribution in [0.15, 0.2) is 54.6 Å². The Hall–Kier alpha value is -1.93. The monoisotopic (exact) mass is 420 g/mol. The van der Waals surface area contributed by atoms with Crippen LogP contribution in [0.25, 0.3) is 11.1 Å². The highest BCUT2D eigenvalue weighted by Gasteiger charge is 2.36. The van der Waals surface area contributed by atoms with Crippen LogP contribution in [-0.4, -0.2) is 12.7 Å². The number of allylic oxidation sites excluding steroid dienone is 2. The molecule has 0 aromatic heterocycles. The second kappa shape index (κ2) is 10.6. The molecule has 0 saturated heterocycles. The summed E-state index contributed by atoms with van der Waals surface area (Å²) in [6.45, 7) is 4.97. The molecule has 0 N–H and O–H groups in total. The largest absolute Gasteiger partial charge is 0.378 e. The fourth-order valence-electron chi connectivity index (χ4n) is 5.84. The van der Waals surface area contributed by atoms with Gasteiger partial charge in [0.2, 0.25) is 0 Å². The topological polar surface area (TPSA) is 9.23 Å². The molecular formula is C29H37FO. The van der Waals surface area contributed by atoms with Gasteiger partial charge in [0, 0.05) is 12.2 Å². The van der Waals surface area contributed by atoms with E-state index in [0.717, 1.165) is 42.4 Å². The summed E-state index contributed by atoms with van der Waals surface area (Å²) in [4.78, 5) is 0. The zero-order chi connectivity index (χ0) is 21.6. The van der Waals surface area contributed by atoms with Crippen molar-refractivity contribution in [1.82, 2.24) is 0 Å². The van der Waals surface area contributed by atoms with Crippen molar-refractivity contribution in [2.75, 3.05) is 6.61 Å². The van der Waals surface area contributed by atoms with Crippen LogP contribution in [0.1, 0.15) is 75.8 Å². The number of hydrogen-bond donors (Lipinski definition) is 0. The van der Waals surface area contributed by atoms with E-state index in [1.54, 1.807) is 6.07 Å². The number of ether oxygens (including phenoxy) is 1. The van der Waals surface area contributed by atoms with Crippen molar-refractivity contribution in [1.29, 1.82) is 0 Å². The van der Waals surface area contributed by atoms with E-state index in [4.69, 9.17) is 4.74 Å². The van der Waals surface area contributed by atoms with E-state index >= 15 is 0 Å². The molecular weight excluding hydrogens is 383 g/mol. The van der Waals surface area contributed by atoms with Gasteiger partial charge < -0.3 is 4.74 Å². The molecule has 0 aliphatic heterocycles. The van der Waals surface area contributed by atoms with Crippen LogP contribution in [0.3, 0.4) is 0 Å². The third-order valence-corrected chi connectivity index (χ3v) is 7.53. The van der Waals surface area contributed by atoms with Crippen LogP contribution in [-0.2, 0) is 11.2 Å². The molecule has 0 amide bonds. The molecule has 2 aromatic rings. The third-order valence-electron chi connectivity index (χ3n) is 7.53. The highest BCUT2D eigenvalue weighted by Crippen LogP contribution is 2.46. The maximum Gasteiger partial charge on any atom is 0.131 e. The second-order valence-corrected chi connectivity index (χ2v) is 9.46. The van der Waals surface area contributed by atoms with Crippen LogP contribution in [0.5, 0.6) is 0 Å². The molecule has 2 aromatic carbocycles. The number of rotatable bonds is 7. The smallest absolute Gasteiger partial charge is 0.131 e. The van der Waals surface area contributed by atoms with E-state index in [1.165, 1.54) is 44.1 Å². The highest BCUT2D eigenvalue weighted by atomic mass is 19.1. The van der Waals surface area contributed by atoms with Gasteiger partial charge in [-0.3, -0.25) is 0 Å². The lowest BCUT2D eigenvalue weighted by Gasteiger charge is -2.42. The quantitative estimate of drug-likeness (QED) is 0.411. The van der Waals surface area contributed by atoms with Gasteiger partial charge >= 0.3 is 0 Å². The average molecular weight is 421 g/mol. The lowest BCUT2D eigenvalue weighted by molar-refractivity contribution is -0.00955. The Bertz CT molecular complexity index is 869. The first-order valence-electron chi connectivity index (χ1n) is 12.3. The van der Waals surface area contributed by atoms with E-state index in [2.05, 4.69) is 43.3 Å². The molecule has 2 fully saturated rings. The van der Waals surface area contributed by atoms with E-state index in [-0.39, 0.29) is 5.82 Å². The zero-order valence-electron chi connectivity index (χ0n) is 19.2. The average Bonchev–Trinajstić information content (AvgIpc) is 2.79. The first-order chi connectivity index (χ1) is 15.2. The van der Waals surface area contributed by atoms with Gasteiger partial charge in [0.1, 0.15) is 5.82 Å². The van der Waals surface area contributed by atoms with Gasteiger partial charge in [0.15, 0.2) is 0 Å². The van der Waals surface area contributed by atoms with Crippen molar-refractivity contribution in [3.05, 3.63) is 71.6 Å². The number of benzene rings is 2. The summed E-state index contributed by atoms with van der Waals surface area (Å²) in [7, 11) is 0. The van der Waals surface area contributed by atoms with Crippen molar-refractivity contribution in [2.45, 2.75) is 77.2 Å². The van der Waals surface area contributed by atoms with Gasteiger partial charge in [-0.25, -0.2) is 4.39 Å². The van der Waals surface area contributed by atoms with Gasteiger partial charge in [0.25, 0.3) is 0 Å². The molecule has 0 heterocycles. The lowest BCUT2D eigenvalue weighted by atomic mass is 9.65. The van der Waals surface area contributed by atoms with Gasteiger partial charge in [-0.05, 0) is 106 Å². The minimum Gasteiger partial charge on any atom is -0.378 e. The fraction of sp³-hybridized carbons (Fsp3) is 0.517. The highest BCUT2D eigenvalue weighted by molar-refractivity contribution is 5.65. The summed E-state index contributed by atoms with van der Waals surface area (Å²) < 4.78 is 20.7.